The first-order valence-corrected chi connectivity index (χ1v) is 7.54. The maximum absolute atomic E-state index is 12.2. The summed E-state index contributed by atoms with van der Waals surface area (Å²) in [6.07, 6.45) is 0. The molecular formula is C19H20N2O3. The number of hydrogen-bond acceptors (Lipinski definition) is 4. The molecule has 0 bridgehead atoms. The van der Waals surface area contributed by atoms with Crippen LogP contribution in [0.1, 0.15) is 16.7 Å². The lowest BCUT2D eigenvalue weighted by molar-refractivity contribution is -0.132. The molecule has 0 saturated heterocycles. The Kier molecular flexibility index (Phi) is 5.80. The molecule has 0 atom stereocenters. The van der Waals surface area contributed by atoms with E-state index in [4.69, 9.17) is 14.7 Å². The van der Waals surface area contributed by atoms with Crippen molar-refractivity contribution in [1.29, 1.82) is 5.26 Å². The fourth-order valence-electron chi connectivity index (χ4n) is 2.19. The van der Waals surface area contributed by atoms with E-state index in [1.165, 1.54) is 0 Å². The monoisotopic (exact) mass is 324 g/mol. The van der Waals surface area contributed by atoms with Crippen LogP contribution in [0.15, 0.2) is 42.5 Å². The summed E-state index contributed by atoms with van der Waals surface area (Å²) >= 11 is 0. The van der Waals surface area contributed by atoms with Crippen LogP contribution in [-0.2, 0) is 11.3 Å². The topological polar surface area (TPSA) is 62.6 Å². The van der Waals surface area contributed by atoms with Gasteiger partial charge in [-0.25, -0.2) is 0 Å². The largest absolute Gasteiger partial charge is 0.493 e. The van der Waals surface area contributed by atoms with E-state index < -0.39 is 0 Å². The molecular weight excluding hydrogens is 304 g/mol. The van der Waals surface area contributed by atoms with E-state index in [0.717, 1.165) is 11.1 Å². The van der Waals surface area contributed by atoms with E-state index >= 15 is 0 Å². The second kappa shape index (κ2) is 8.02. The number of methoxy groups -OCH3 is 1. The van der Waals surface area contributed by atoms with E-state index in [1.807, 2.05) is 31.2 Å². The molecule has 2 aromatic rings. The minimum atomic E-state index is -0.137. The third-order valence-electron chi connectivity index (χ3n) is 3.60. The molecule has 124 valence electrons. The van der Waals surface area contributed by atoms with Crippen molar-refractivity contribution >= 4 is 5.91 Å². The van der Waals surface area contributed by atoms with Crippen molar-refractivity contribution in [3.8, 4) is 17.6 Å². The number of likely N-dealkylation sites (N-methyl/N-ethyl adjacent to an activating group) is 1. The highest BCUT2D eigenvalue weighted by molar-refractivity contribution is 5.77. The highest BCUT2D eigenvalue weighted by Gasteiger charge is 2.12. The molecule has 2 rings (SSSR count). The molecule has 0 aliphatic carbocycles. The van der Waals surface area contributed by atoms with Gasteiger partial charge in [0.2, 0.25) is 0 Å². The molecule has 0 spiro atoms. The molecule has 1 amide bonds. The van der Waals surface area contributed by atoms with Gasteiger partial charge in [0, 0.05) is 13.6 Å². The Bertz CT molecular complexity index is 748. The third-order valence-corrected chi connectivity index (χ3v) is 3.60. The number of carbonyl (C=O) groups is 1. The molecule has 0 heterocycles. The fraction of sp³-hybridized carbons (Fsp3) is 0.263. The summed E-state index contributed by atoms with van der Waals surface area (Å²) in [4.78, 5) is 13.8. The number of ether oxygens (including phenoxy) is 2. The van der Waals surface area contributed by atoms with Gasteiger partial charge in [-0.15, -0.1) is 0 Å². The number of benzene rings is 2. The molecule has 5 nitrogen and oxygen atoms in total. The minimum Gasteiger partial charge on any atom is -0.493 e. The molecule has 24 heavy (non-hydrogen) atoms. The number of hydrogen-bond donors (Lipinski definition) is 0. The van der Waals surface area contributed by atoms with Crippen molar-refractivity contribution < 1.29 is 14.3 Å². The first-order chi connectivity index (χ1) is 11.5. The van der Waals surface area contributed by atoms with Crippen molar-refractivity contribution in [1.82, 2.24) is 4.90 Å². The van der Waals surface area contributed by atoms with E-state index in [1.54, 1.807) is 37.3 Å². The second-order valence-electron chi connectivity index (χ2n) is 5.50. The van der Waals surface area contributed by atoms with Crippen LogP contribution in [0.25, 0.3) is 0 Å². The summed E-state index contributed by atoms with van der Waals surface area (Å²) in [7, 11) is 3.29. The summed E-state index contributed by atoms with van der Waals surface area (Å²) < 4.78 is 10.8. The standard InChI is InChI=1S/C19H20N2O3/c1-14-4-9-17(18(10-14)23-3)24-13-19(22)21(2)12-16-7-5-15(11-20)6-8-16/h4-10H,12-13H2,1-3H3. The van der Waals surface area contributed by atoms with Gasteiger partial charge in [0.25, 0.3) is 5.91 Å². The normalized spacial score (nSPS) is 9.92. The lowest BCUT2D eigenvalue weighted by Crippen LogP contribution is -2.31. The summed E-state index contributed by atoms with van der Waals surface area (Å²) in [6, 6.07) is 14.8. The average molecular weight is 324 g/mol. The lowest BCUT2D eigenvalue weighted by Gasteiger charge is -2.18. The summed E-state index contributed by atoms with van der Waals surface area (Å²) in [5, 5.41) is 8.80. The van der Waals surface area contributed by atoms with Gasteiger partial charge in [0.05, 0.1) is 18.7 Å². The van der Waals surface area contributed by atoms with E-state index in [2.05, 4.69) is 6.07 Å². The first kappa shape index (κ1) is 17.4. The predicted octanol–water partition coefficient (Wildman–Crippen LogP) is 2.91. The van der Waals surface area contributed by atoms with E-state index in [9.17, 15) is 4.79 Å². The maximum atomic E-state index is 12.2. The van der Waals surface area contributed by atoms with Crippen LogP contribution in [0.5, 0.6) is 11.5 Å². The summed E-state index contributed by atoms with van der Waals surface area (Å²) in [5.41, 5.74) is 2.61. The van der Waals surface area contributed by atoms with Gasteiger partial charge in [0.1, 0.15) is 0 Å². The van der Waals surface area contributed by atoms with Crippen LogP contribution >= 0.6 is 0 Å². The number of amides is 1. The molecule has 0 radical (unpaired) electrons. The van der Waals surface area contributed by atoms with Crippen molar-refractivity contribution in [2.45, 2.75) is 13.5 Å². The molecule has 0 saturated carbocycles. The Balaban J connectivity index is 1.93. The Morgan fingerprint density at radius 2 is 1.88 bits per heavy atom. The van der Waals surface area contributed by atoms with Gasteiger partial charge in [-0.1, -0.05) is 18.2 Å². The fourth-order valence-corrected chi connectivity index (χ4v) is 2.19. The Morgan fingerprint density at radius 3 is 2.50 bits per heavy atom. The number of carbonyl (C=O) groups excluding carboxylic acids is 1. The molecule has 0 aliphatic rings. The predicted molar refractivity (Wildman–Crippen MR) is 90.9 cm³/mol. The summed E-state index contributed by atoms with van der Waals surface area (Å²) in [5.74, 6) is 1.02. The van der Waals surface area contributed by atoms with Crippen LogP contribution in [0.2, 0.25) is 0 Å². The van der Waals surface area contributed by atoms with Gasteiger partial charge >= 0.3 is 0 Å². The minimum absolute atomic E-state index is 0.0633. The Hall–Kier alpha value is -3.00. The highest BCUT2D eigenvalue weighted by Crippen LogP contribution is 2.27. The van der Waals surface area contributed by atoms with Gasteiger partial charge < -0.3 is 14.4 Å². The first-order valence-electron chi connectivity index (χ1n) is 7.54. The van der Waals surface area contributed by atoms with Crippen molar-refractivity contribution in [3.05, 3.63) is 59.2 Å². The average Bonchev–Trinajstić information content (AvgIpc) is 2.60. The number of nitriles is 1. The van der Waals surface area contributed by atoms with Gasteiger partial charge in [0.15, 0.2) is 18.1 Å². The van der Waals surface area contributed by atoms with Crippen LogP contribution in [0, 0.1) is 18.3 Å². The van der Waals surface area contributed by atoms with Gasteiger partial charge in [-0.3, -0.25) is 4.79 Å². The van der Waals surface area contributed by atoms with Crippen LogP contribution in [0.3, 0.4) is 0 Å². The van der Waals surface area contributed by atoms with Crippen LogP contribution in [0.4, 0.5) is 0 Å². The third kappa shape index (κ3) is 4.50. The zero-order valence-electron chi connectivity index (χ0n) is 14.1. The van der Waals surface area contributed by atoms with Crippen molar-refractivity contribution in [3.63, 3.8) is 0 Å². The van der Waals surface area contributed by atoms with Crippen molar-refractivity contribution in [2.24, 2.45) is 0 Å². The SMILES string of the molecule is COc1cc(C)ccc1OCC(=O)N(C)Cc1ccc(C#N)cc1. The van der Waals surface area contributed by atoms with Crippen LogP contribution in [-0.4, -0.2) is 31.6 Å². The molecule has 0 unspecified atom stereocenters. The molecule has 0 fully saturated rings. The molecule has 0 N–H and O–H groups in total. The zero-order chi connectivity index (χ0) is 17.5. The van der Waals surface area contributed by atoms with Crippen LogP contribution < -0.4 is 9.47 Å². The molecule has 0 aromatic heterocycles. The lowest BCUT2D eigenvalue weighted by atomic mass is 10.1. The maximum Gasteiger partial charge on any atom is 0.260 e. The smallest absolute Gasteiger partial charge is 0.260 e. The molecule has 0 aliphatic heterocycles. The van der Waals surface area contributed by atoms with Crippen molar-refractivity contribution in [2.75, 3.05) is 20.8 Å². The molecule has 2 aromatic carbocycles. The number of rotatable bonds is 6. The highest BCUT2D eigenvalue weighted by atomic mass is 16.5. The quantitative estimate of drug-likeness (QED) is 0.819. The van der Waals surface area contributed by atoms with Gasteiger partial charge in [-0.2, -0.15) is 5.26 Å². The number of aryl methyl sites for hydroxylation is 1. The zero-order valence-corrected chi connectivity index (χ0v) is 14.1. The van der Waals surface area contributed by atoms with Gasteiger partial charge in [-0.05, 0) is 42.3 Å². The van der Waals surface area contributed by atoms with E-state index in [-0.39, 0.29) is 12.5 Å². The van der Waals surface area contributed by atoms with E-state index in [0.29, 0.717) is 23.6 Å². The second-order valence-corrected chi connectivity index (χ2v) is 5.50. The number of nitrogens with zero attached hydrogens (tertiary/aromatic N) is 2. The Morgan fingerprint density at radius 1 is 1.17 bits per heavy atom. The summed E-state index contributed by atoms with van der Waals surface area (Å²) in [6.45, 7) is 2.36. The Labute approximate surface area is 142 Å². The molecule has 5 heteroatoms.